The van der Waals surface area contributed by atoms with E-state index in [2.05, 4.69) is 23.6 Å². The minimum absolute atomic E-state index is 0.000436. The molecule has 1 saturated carbocycles. The number of piperidine rings is 1. The Balaban J connectivity index is 1.55. The average Bonchev–Trinajstić information content (AvgIpc) is 2.68. The summed E-state index contributed by atoms with van der Waals surface area (Å²) in [4.78, 5) is 27.4. The zero-order chi connectivity index (χ0) is 19.3. The van der Waals surface area contributed by atoms with Crippen LogP contribution in [0.15, 0.2) is 24.3 Å². The Labute approximate surface area is 162 Å². The highest BCUT2D eigenvalue weighted by Crippen LogP contribution is 2.30. The van der Waals surface area contributed by atoms with Crippen molar-refractivity contribution in [2.24, 2.45) is 5.41 Å². The number of likely N-dealkylation sites (tertiary alicyclic amines) is 1. The van der Waals surface area contributed by atoms with Crippen LogP contribution in [0.25, 0.3) is 0 Å². The van der Waals surface area contributed by atoms with Crippen LogP contribution < -0.4 is 10.6 Å². The van der Waals surface area contributed by atoms with Gasteiger partial charge in [-0.3, -0.25) is 4.79 Å². The van der Waals surface area contributed by atoms with Gasteiger partial charge in [0.05, 0.1) is 5.41 Å². The first-order chi connectivity index (χ1) is 13.0. The van der Waals surface area contributed by atoms with Crippen LogP contribution in [0.2, 0.25) is 0 Å². The molecule has 1 aliphatic carbocycles. The van der Waals surface area contributed by atoms with E-state index in [9.17, 15) is 9.59 Å². The smallest absolute Gasteiger partial charge is 0.317 e. The number of nitrogens with one attached hydrogen (secondary N) is 2. The molecule has 1 saturated heterocycles. The van der Waals surface area contributed by atoms with E-state index in [0.717, 1.165) is 37.8 Å². The largest absolute Gasteiger partial charge is 0.351 e. The second-order valence-corrected chi connectivity index (χ2v) is 8.48. The van der Waals surface area contributed by atoms with Gasteiger partial charge in [-0.25, -0.2) is 4.79 Å². The van der Waals surface area contributed by atoms with Crippen LogP contribution in [-0.2, 0) is 11.3 Å². The summed E-state index contributed by atoms with van der Waals surface area (Å²) in [6.07, 6.45) is 7.51. The number of carbonyl (C=O) groups is 2. The molecule has 1 aliphatic heterocycles. The van der Waals surface area contributed by atoms with Crippen molar-refractivity contribution >= 4 is 11.9 Å². The summed E-state index contributed by atoms with van der Waals surface area (Å²) < 4.78 is 0. The SMILES string of the molecule is Cc1ccccc1CNC(=O)[C@@]1(C)CCCN(C(=O)NC2CCCCC2)C1. The molecule has 0 bridgehead atoms. The van der Waals surface area contributed by atoms with Crippen molar-refractivity contribution < 1.29 is 9.59 Å². The van der Waals surface area contributed by atoms with E-state index < -0.39 is 5.41 Å². The lowest BCUT2D eigenvalue weighted by molar-refractivity contribution is -0.132. The molecule has 2 fully saturated rings. The topological polar surface area (TPSA) is 61.4 Å². The van der Waals surface area contributed by atoms with Gasteiger partial charge < -0.3 is 15.5 Å². The maximum Gasteiger partial charge on any atom is 0.317 e. The van der Waals surface area contributed by atoms with E-state index in [4.69, 9.17) is 0 Å². The molecule has 2 aliphatic rings. The second kappa shape index (κ2) is 8.77. The lowest BCUT2D eigenvalue weighted by atomic mass is 9.81. The number of benzene rings is 1. The third kappa shape index (κ3) is 5.02. The molecule has 1 atom stereocenters. The number of hydrogen-bond donors (Lipinski definition) is 2. The van der Waals surface area contributed by atoms with Crippen LogP contribution in [0.3, 0.4) is 0 Å². The molecule has 3 rings (SSSR count). The summed E-state index contributed by atoms with van der Waals surface area (Å²) >= 11 is 0. The summed E-state index contributed by atoms with van der Waals surface area (Å²) in [5.74, 6) is 0.0425. The Morgan fingerprint density at radius 1 is 1.15 bits per heavy atom. The standard InChI is InChI=1S/C22H33N3O2/c1-17-9-6-7-10-18(17)15-23-20(26)22(2)13-8-14-25(16-22)21(27)24-19-11-4-3-5-12-19/h6-7,9-10,19H,3-5,8,11-16H2,1-2H3,(H,23,26)(H,24,27)/t22-/m0/s1. The Morgan fingerprint density at radius 2 is 1.89 bits per heavy atom. The summed E-state index contributed by atoms with van der Waals surface area (Å²) in [5, 5.41) is 6.28. The number of aryl methyl sites for hydroxylation is 1. The van der Waals surface area contributed by atoms with Crippen LogP contribution >= 0.6 is 0 Å². The fourth-order valence-corrected chi connectivity index (χ4v) is 4.31. The van der Waals surface area contributed by atoms with Gasteiger partial charge in [-0.15, -0.1) is 0 Å². The van der Waals surface area contributed by atoms with Gasteiger partial charge in [-0.2, -0.15) is 0 Å². The van der Waals surface area contributed by atoms with E-state index in [-0.39, 0.29) is 11.9 Å². The molecule has 2 N–H and O–H groups in total. The van der Waals surface area contributed by atoms with E-state index in [1.54, 1.807) is 0 Å². The molecule has 0 spiro atoms. The minimum atomic E-state index is -0.523. The van der Waals surface area contributed by atoms with Gasteiger partial charge in [0, 0.05) is 25.7 Å². The molecule has 1 heterocycles. The van der Waals surface area contributed by atoms with Gasteiger partial charge in [0.25, 0.3) is 0 Å². The van der Waals surface area contributed by atoms with Crippen LogP contribution in [0.1, 0.15) is 63.0 Å². The Bertz CT molecular complexity index is 669. The van der Waals surface area contributed by atoms with Crippen molar-refractivity contribution in [3.8, 4) is 0 Å². The average molecular weight is 372 g/mol. The molecule has 3 amide bonds. The Kier molecular flexibility index (Phi) is 6.40. The molecule has 0 aromatic heterocycles. The van der Waals surface area contributed by atoms with E-state index in [1.807, 2.05) is 30.0 Å². The number of nitrogens with zero attached hydrogens (tertiary/aromatic N) is 1. The van der Waals surface area contributed by atoms with Crippen molar-refractivity contribution in [3.05, 3.63) is 35.4 Å². The summed E-state index contributed by atoms with van der Waals surface area (Å²) in [7, 11) is 0. The molecule has 0 unspecified atom stereocenters. The Hall–Kier alpha value is -2.04. The Morgan fingerprint density at radius 3 is 2.63 bits per heavy atom. The van der Waals surface area contributed by atoms with Gasteiger partial charge in [-0.1, -0.05) is 43.5 Å². The third-order valence-corrected chi connectivity index (χ3v) is 6.17. The van der Waals surface area contributed by atoms with Crippen molar-refractivity contribution in [1.82, 2.24) is 15.5 Å². The number of urea groups is 1. The maximum absolute atomic E-state index is 12.9. The van der Waals surface area contributed by atoms with Crippen LogP contribution in [-0.4, -0.2) is 36.0 Å². The second-order valence-electron chi connectivity index (χ2n) is 8.48. The summed E-state index contributed by atoms with van der Waals surface area (Å²) in [6.45, 7) is 5.81. The van der Waals surface area contributed by atoms with Gasteiger partial charge >= 0.3 is 6.03 Å². The summed E-state index contributed by atoms with van der Waals surface area (Å²) in [6, 6.07) is 8.40. The predicted octanol–water partition coefficient (Wildman–Crippen LogP) is 3.76. The minimum Gasteiger partial charge on any atom is -0.351 e. The molecule has 5 heteroatoms. The highest BCUT2D eigenvalue weighted by Gasteiger charge is 2.39. The van der Waals surface area contributed by atoms with Crippen LogP contribution in [0, 0.1) is 12.3 Å². The van der Waals surface area contributed by atoms with Crippen LogP contribution in [0.5, 0.6) is 0 Å². The zero-order valence-electron chi connectivity index (χ0n) is 16.7. The molecule has 0 radical (unpaired) electrons. The molecular formula is C22H33N3O2. The third-order valence-electron chi connectivity index (χ3n) is 6.17. The highest BCUT2D eigenvalue weighted by atomic mass is 16.2. The molecule has 5 nitrogen and oxygen atoms in total. The first-order valence-electron chi connectivity index (χ1n) is 10.4. The normalized spacial score (nSPS) is 23.7. The highest BCUT2D eigenvalue weighted by molar-refractivity contribution is 5.84. The lowest BCUT2D eigenvalue weighted by Crippen LogP contribution is -2.55. The van der Waals surface area contributed by atoms with Gasteiger partial charge in [0.1, 0.15) is 0 Å². The molecule has 27 heavy (non-hydrogen) atoms. The molecular weight excluding hydrogens is 338 g/mol. The first kappa shape index (κ1) is 19.7. The van der Waals surface area contributed by atoms with Gasteiger partial charge in [0.2, 0.25) is 5.91 Å². The fraction of sp³-hybridized carbons (Fsp3) is 0.636. The lowest BCUT2D eigenvalue weighted by Gasteiger charge is -2.40. The van der Waals surface area contributed by atoms with Gasteiger partial charge in [0.15, 0.2) is 0 Å². The number of amides is 3. The number of rotatable bonds is 4. The van der Waals surface area contributed by atoms with E-state index >= 15 is 0 Å². The van der Waals surface area contributed by atoms with Crippen molar-refractivity contribution in [2.45, 2.75) is 71.4 Å². The van der Waals surface area contributed by atoms with Crippen molar-refractivity contribution in [3.63, 3.8) is 0 Å². The first-order valence-corrected chi connectivity index (χ1v) is 10.4. The zero-order valence-corrected chi connectivity index (χ0v) is 16.7. The van der Waals surface area contributed by atoms with Crippen molar-refractivity contribution in [1.29, 1.82) is 0 Å². The number of carbonyl (C=O) groups excluding carboxylic acids is 2. The quantitative estimate of drug-likeness (QED) is 0.847. The van der Waals surface area contributed by atoms with Crippen LogP contribution in [0.4, 0.5) is 4.79 Å². The fourth-order valence-electron chi connectivity index (χ4n) is 4.31. The molecule has 148 valence electrons. The number of hydrogen-bond acceptors (Lipinski definition) is 2. The monoisotopic (exact) mass is 371 g/mol. The predicted molar refractivity (Wildman–Crippen MR) is 107 cm³/mol. The molecule has 1 aromatic rings. The van der Waals surface area contributed by atoms with E-state index in [1.165, 1.54) is 24.8 Å². The molecule has 1 aromatic carbocycles. The summed E-state index contributed by atoms with van der Waals surface area (Å²) in [5.41, 5.74) is 1.79. The maximum atomic E-state index is 12.9. The van der Waals surface area contributed by atoms with Crippen molar-refractivity contribution in [2.75, 3.05) is 13.1 Å². The van der Waals surface area contributed by atoms with E-state index in [0.29, 0.717) is 19.1 Å². The van der Waals surface area contributed by atoms with Gasteiger partial charge in [-0.05, 0) is 50.7 Å².